The minimum absolute atomic E-state index is 0.754. The summed E-state index contributed by atoms with van der Waals surface area (Å²) in [6, 6.07) is 2.22. The van der Waals surface area contributed by atoms with Gasteiger partial charge in [0.25, 0.3) is 0 Å². The van der Waals surface area contributed by atoms with Crippen LogP contribution in [0.2, 0.25) is 0 Å². The van der Waals surface area contributed by atoms with Gasteiger partial charge in [-0.15, -0.1) is 0 Å². The van der Waals surface area contributed by atoms with E-state index in [2.05, 4.69) is 46.9 Å². The zero-order valence-corrected chi connectivity index (χ0v) is 13.1. The van der Waals surface area contributed by atoms with Gasteiger partial charge in [-0.2, -0.15) is 0 Å². The van der Waals surface area contributed by atoms with Crippen LogP contribution in [0.25, 0.3) is 0 Å². The molecule has 0 saturated carbocycles. The molecule has 1 N–H and O–H groups in total. The molecule has 0 aromatic carbocycles. The van der Waals surface area contributed by atoms with Crippen LogP contribution in [0.15, 0.2) is 18.5 Å². The van der Waals surface area contributed by atoms with E-state index in [0.717, 1.165) is 50.7 Å². The van der Waals surface area contributed by atoms with Crippen LogP contribution in [-0.2, 0) is 0 Å². The number of pyridine rings is 1. The minimum Gasteiger partial charge on any atom is -0.384 e. The molecule has 0 unspecified atom stereocenters. The molecule has 0 aliphatic carbocycles. The summed E-state index contributed by atoms with van der Waals surface area (Å²) in [4.78, 5) is 9.37. The Labute approximate surface area is 123 Å². The average molecular weight is 276 g/mol. The van der Waals surface area contributed by atoms with Crippen molar-refractivity contribution in [3.05, 3.63) is 18.5 Å². The van der Waals surface area contributed by atoms with Crippen LogP contribution in [0.3, 0.4) is 0 Å². The molecule has 0 radical (unpaired) electrons. The molecule has 0 bridgehead atoms. The van der Waals surface area contributed by atoms with Crippen molar-refractivity contribution in [3.8, 4) is 0 Å². The van der Waals surface area contributed by atoms with E-state index in [0.29, 0.717) is 0 Å². The van der Waals surface area contributed by atoms with Crippen molar-refractivity contribution >= 4 is 11.4 Å². The Morgan fingerprint density at radius 1 is 1.20 bits per heavy atom. The third-order valence-electron chi connectivity index (χ3n) is 3.66. The Bertz CT molecular complexity index is 397. The molecule has 1 saturated heterocycles. The summed E-state index contributed by atoms with van der Waals surface area (Å²) < 4.78 is 0. The second-order valence-corrected chi connectivity index (χ2v) is 6.04. The van der Waals surface area contributed by atoms with Crippen molar-refractivity contribution in [2.24, 2.45) is 5.92 Å². The van der Waals surface area contributed by atoms with Crippen molar-refractivity contribution in [2.75, 3.05) is 49.5 Å². The van der Waals surface area contributed by atoms with Crippen LogP contribution >= 0.6 is 0 Å². The van der Waals surface area contributed by atoms with Gasteiger partial charge in [0.2, 0.25) is 0 Å². The molecule has 0 amide bonds. The minimum atomic E-state index is 0.754. The molecule has 4 heteroatoms. The van der Waals surface area contributed by atoms with E-state index in [1.165, 1.54) is 12.2 Å². The van der Waals surface area contributed by atoms with Gasteiger partial charge in [-0.25, -0.2) is 0 Å². The van der Waals surface area contributed by atoms with Gasteiger partial charge in [-0.05, 0) is 18.4 Å². The number of piperazine rings is 1. The first-order valence-electron chi connectivity index (χ1n) is 7.85. The highest BCUT2D eigenvalue weighted by Gasteiger charge is 2.18. The summed E-state index contributed by atoms with van der Waals surface area (Å²) >= 11 is 0. The van der Waals surface area contributed by atoms with Gasteiger partial charge in [0.1, 0.15) is 0 Å². The first kappa shape index (κ1) is 15.1. The maximum atomic E-state index is 4.36. The first-order valence-corrected chi connectivity index (χ1v) is 7.85. The van der Waals surface area contributed by atoms with Crippen LogP contribution < -0.4 is 10.2 Å². The molecule has 2 heterocycles. The molecule has 0 atom stereocenters. The molecule has 1 aliphatic rings. The molecule has 1 aromatic heterocycles. The molecule has 20 heavy (non-hydrogen) atoms. The lowest BCUT2D eigenvalue weighted by Gasteiger charge is -2.36. The molecule has 1 aliphatic heterocycles. The Morgan fingerprint density at radius 2 is 1.95 bits per heavy atom. The summed E-state index contributed by atoms with van der Waals surface area (Å²) in [7, 11) is 0. The fourth-order valence-corrected chi connectivity index (χ4v) is 2.67. The van der Waals surface area contributed by atoms with Crippen molar-refractivity contribution in [2.45, 2.75) is 27.2 Å². The fraction of sp³-hybridized carbons (Fsp3) is 0.688. The van der Waals surface area contributed by atoms with Gasteiger partial charge in [-0.1, -0.05) is 20.8 Å². The topological polar surface area (TPSA) is 31.4 Å². The number of hydrogen-bond acceptors (Lipinski definition) is 4. The van der Waals surface area contributed by atoms with E-state index in [4.69, 9.17) is 0 Å². The molecular weight excluding hydrogens is 248 g/mol. The largest absolute Gasteiger partial charge is 0.384 e. The Morgan fingerprint density at radius 3 is 2.60 bits per heavy atom. The van der Waals surface area contributed by atoms with Gasteiger partial charge >= 0.3 is 0 Å². The van der Waals surface area contributed by atoms with E-state index >= 15 is 0 Å². The third kappa shape index (κ3) is 4.37. The van der Waals surface area contributed by atoms with Crippen molar-refractivity contribution in [3.63, 3.8) is 0 Å². The van der Waals surface area contributed by atoms with Crippen molar-refractivity contribution in [1.29, 1.82) is 0 Å². The Balaban J connectivity index is 1.89. The molecule has 2 rings (SSSR count). The van der Waals surface area contributed by atoms with Crippen LogP contribution in [0.5, 0.6) is 0 Å². The zero-order valence-electron chi connectivity index (χ0n) is 13.1. The summed E-state index contributed by atoms with van der Waals surface area (Å²) in [5.41, 5.74) is 2.38. The third-order valence-corrected chi connectivity index (χ3v) is 3.66. The van der Waals surface area contributed by atoms with Crippen molar-refractivity contribution in [1.82, 2.24) is 9.88 Å². The van der Waals surface area contributed by atoms with Crippen LogP contribution in [-0.4, -0.2) is 49.2 Å². The normalized spacial score (nSPS) is 16.7. The standard InChI is InChI=1S/C16H28N4/c1-4-5-18-15-10-16(12-17-11-15)20-8-6-19(7-9-20)13-14(2)3/h10-12,14,18H,4-9,13H2,1-3H3. The second kappa shape index (κ2) is 7.48. The highest BCUT2D eigenvalue weighted by molar-refractivity contribution is 5.55. The van der Waals surface area contributed by atoms with Gasteiger partial charge in [-0.3, -0.25) is 9.88 Å². The lowest BCUT2D eigenvalue weighted by Crippen LogP contribution is -2.47. The highest BCUT2D eigenvalue weighted by atomic mass is 15.3. The molecule has 1 fully saturated rings. The summed E-state index contributed by atoms with van der Waals surface area (Å²) in [6.07, 6.45) is 5.03. The number of aromatic nitrogens is 1. The lowest BCUT2D eigenvalue weighted by atomic mass is 10.2. The Kier molecular flexibility index (Phi) is 5.65. The predicted molar refractivity (Wildman–Crippen MR) is 86.5 cm³/mol. The number of hydrogen-bond donors (Lipinski definition) is 1. The SMILES string of the molecule is CCCNc1cncc(N2CCN(CC(C)C)CC2)c1. The highest BCUT2D eigenvalue weighted by Crippen LogP contribution is 2.19. The predicted octanol–water partition coefficient (Wildman–Crippen LogP) is 2.68. The molecule has 112 valence electrons. The van der Waals surface area contributed by atoms with Crippen LogP contribution in [0.1, 0.15) is 27.2 Å². The van der Waals surface area contributed by atoms with E-state index in [1.807, 2.05) is 12.4 Å². The summed E-state index contributed by atoms with van der Waals surface area (Å²) in [5.74, 6) is 0.754. The maximum absolute atomic E-state index is 4.36. The van der Waals surface area contributed by atoms with Gasteiger partial charge < -0.3 is 10.2 Å². The van der Waals surface area contributed by atoms with Crippen LogP contribution in [0.4, 0.5) is 11.4 Å². The monoisotopic (exact) mass is 276 g/mol. The van der Waals surface area contributed by atoms with E-state index in [1.54, 1.807) is 0 Å². The molecule has 4 nitrogen and oxygen atoms in total. The quantitative estimate of drug-likeness (QED) is 0.865. The molecule has 1 aromatic rings. The van der Waals surface area contributed by atoms with Crippen molar-refractivity contribution < 1.29 is 0 Å². The number of nitrogens with zero attached hydrogens (tertiary/aromatic N) is 3. The number of nitrogens with one attached hydrogen (secondary N) is 1. The summed E-state index contributed by atoms with van der Waals surface area (Å²) in [6.45, 7) is 13.5. The fourth-order valence-electron chi connectivity index (χ4n) is 2.67. The average Bonchev–Trinajstić information content (AvgIpc) is 2.45. The zero-order chi connectivity index (χ0) is 14.4. The van der Waals surface area contributed by atoms with Gasteiger partial charge in [0, 0.05) is 39.3 Å². The number of rotatable bonds is 6. The van der Waals surface area contributed by atoms with E-state index in [-0.39, 0.29) is 0 Å². The van der Waals surface area contributed by atoms with Gasteiger partial charge in [0.15, 0.2) is 0 Å². The van der Waals surface area contributed by atoms with Gasteiger partial charge in [0.05, 0.1) is 23.8 Å². The second-order valence-electron chi connectivity index (χ2n) is 6.04. The van der Waals surface area contributed by atoms with E-state index < -0.39 is 0 Å². The lowest BCUT2D eigenvalue weighted by molar-refractivity contribution is 0.231. The van der Waals surface area contributed by atoms with Crippen LogP contribution in [0, 0.1) is 5.92 Å². The number of anilines is 2. The maximum Gasteiger partial charge on any atom is 0.0574 e. The van der Waals surface area contributed by atoms with E-state index in [9.17, 15) is 0 Å². The smallest absolute Gasteiger partial charge is 0.0574 e. The molecule has 0 spiro atoms. The molecular formula is C16H28N4. The first-order chi connectivity index (χ1) is 9.69. The summed E-state index contributed by atoms with van der Waals surface area (Å²) in [5, 5.41) is 3.41. The Hall–Kier alpha value is -1.29.